The molecule has 0 unspecified atom stereocenters. The molecule has 1 aromatic rings. The largest absolute Gasteiger partial charge is 0.492 e. The van der Waals surface area contributed by atoms with E-state index in [-0.39, 0.29) is 30.8 Å². The molecule has 0 radical (unpaired) electrons. The zero-order chi connectivity index (χ0) is 12.8. The number of benzene rings is 1. The molecule has 0 bridgehead atoms. The van der Waals surface area contributed by atoms with Crippen molar-refractivity contribution >= 4 is 21.8 Å². The molecule has 0 heterocycles. The number of amides is 1. The van der Waals surface area contributed by atoms with Crippen LogP contribution in [-0.2, 0) is 4.79 Å². The highest BCUT2D eigenvalue weighted by molar-refractivity contribution is 9.10. The van der Waals surface area contributed by atoms with Gasteiger partial charge in [-0.15, -0.1) is 0 Å². The molecule has 1 N–H and O–H groups in total. The van der Waals surface area contributed by atoms with Crippen molar-refractivity contribution in [2.75, 3.05) is 6.61 Å². The van der Waals surface area contributed by atoms with Crippen LogP contribution in [0.1, 0.15) is 20.3 Å². The lowest BCUT2D eigenvalue weighted by atomic mass is 10.3. The van der Waals surface area contributed by atoms with Crippen LogP contribution in [0.25, 0.3) is 0 Å². The van der Waals surface area contributed by atoms with Gasteiger partial charge in [0.25, 0.3) is 0 Å². The normalized spacial score (nSPS) is 10.4. The lowest BCUT2D eigenvalue weighted by Crippen LogP contribution is -2.31. The number of ether oxygens (including phenoxy) is 1. The maximum absolute atomic E-state index is 12.8. The molecular weight excluding hydrogens is 289 g/mol. The summed E-state index contributed by atoms with van der Waals surface area (Å²) in [5, 5.41) is 2.76. The van der Waals surface area contributed by atoms with Crippen LogP contribution in [0.15, 0.2) is 22.7 Å². The maximum atomic E-state index is 12.8. The lowest BCUT2D eigenvalue weighted by Gasteiger charge is -2.10. The zero-order valence-electron chi connectivity index (χ0n) is 9.80. The second-order valence-electron chi connectivity index (χ2n) is 3.90. The van der Waals surface area contributed by atoms with Crippen LogP contribution >= 0.6 is 15.9 Å². The van der Waals surface area contributed by atoms with Gasteiger partial charge in [0.2, 0.25) is 5.91 Å². The third-order valence-electron chi connectivity index (χ3n) is 1.93. The molecule has 1 amide bonds. The summed E-state index contributed by atoms with van der Waals surface area (Å²) in [7, 11) is 0. The van der Waals surface area contributed by atoms with E-state index in [4.69, 9.17) is 4.74 Å². The van der Waals surface area contributed by atoms with Gasteiger partial charge in [-0.3, -0.25) is 4.79 Å². The highest BCUT2D eigenvalue weighted by Crippen LogP contribution is 2.25. The average Bonchev–Trinajstić information content (AvgIpc) is 2.20. The number of hydrogen-bond acceptors (Lipinski definition) is 2. The van der Waals surface area contributed by atoms with Gasteiger partial charge in [0.15, 0.2) is 0 Å². The van der Waals surface area contributed by atoms with Crippen molar-refractivity contribution in [3.63, 3.8) is 0 Å². The molecule has 0 saturated heterocycles. The molecular formula is C12H15BrFNO2. The molecule has 0 saturated carbocycles. The molecule has 0 aliphatic carbocycles. The van der Waals surface area contributed by atoms with Crippen molar-refractivity contribution in [3.8, 4) is 5.75 Å². The Morgan fingerprint density at radius 3 is 2.82 bits per heavy atom. The fourth-order valence-electron chi connectivity index (χ4n) is 1.24. The summed E-state index contributed by atoms with van der Waals surface area (Å²) >= 11 is 3.19. The highest BCUT2D eigenvalue weighted by atomic mass is 79.9. The SMILES string of the molecule is CC(C)NC(=O)CCOc1ccc(F)cc1Br. The van der Waals surface area contributed by atoms with Crippen molar-refractivity contribution in [2.45, 2.75) is 26.3 Å². The first-order chi connectivity index (χ1) is 7.99. The van der Waals surface area contributed by atoms with Crippen LogP contribution in [0.3, 0.4) is 0 Å². The van der Waals surface area contributed by atoms with E-state index in [1.165, 1.54) is 18.2 Å². The highest BCUT2D eigenvalue weighted by Gasteiger charge is 2.06. The van der Waals surface area contributed by atoms with Gasteiger partial charge >= 0.3 is 0 Å². The van der Waals surface area contributed by atoms with Crippen molar-refractivity contribution in [1.29, 1.82) is 0 Å². The molecule has 0 aliphatic rings. The summed E-state index contributed by atoms with van der Waals surface area (Å²) < 4.78 is 18.7. The van der Waals surface area contributed by atoms with Crippen LogP contribution in [0, 0.1) is 5.82 Å². The van der Waals surface area contributed by atoms with E-state index in [2.05, 4.69) is 21.2 Å². The third kappa shape index (κ3) is 5.17. The molecule has 5 heteroatoms. The predicted octanol–water partition coefficient (Wildman–Crippen LogP) is 2.88. The van der Waals surface area contributed by atoms with E-state index in [9.17, 15) is 9.18 Å². The minimum absolute atomic E-state index is 0.0572. The van der Waals surface area contributed by atoms with E-state index in [1.54, 1.807) is 0 Å². The van der Waals surface area contributed by atoms with Crippen LogP contribution < -0.4 is 10.1 Å². The van der Waals surface area contributed by atoms with E-state index in [0.717, 1.165) is 0 Å². The third-order valence-corrected chi connectivity index (χ3v) is 2.55. The van der Waals surface area contributed by atoms with Gasteiger partial charge in [0.05, 0.1) is 17.5 Å². The Morgan fingerprint density at radius 1 is 1.53 bits per heavy atom. The molecule has 0 aromatic heterocycles. The van der Waals surface area contributed by atoms with Gasteiger partial charge in [-0.05, 0) is 48.0 Å². The quantitative estimate of drug-likeness (QED) is 0.908. The molecule has 17 heavy (non-hydrogen) atoms. The molecule has 1 aromatic carbocycles. The fraction of sp³-hybridized carbons (Fsp3) is 0.417. The number of nitrogens with one attached hydrogen (secondary N) is 1. The molecule has 0 fully saturated rings. The van der Waals surface area contributed by atoms with E-state index in [1.807, 2.05) is 13.8 Å². The fourth-order valence-corrected chi connectivity index (χ4v) is 1.71. The van der Waals surface area contributed by atoms with E-state index >= 15 is 0 Å². The Morgan fingerprint density at radius 2 is 2.24 bits per heavy atom. The van der Waals surface area contributed by atoms with Gasteiger partial charge in [0, 0.05) is 6.04 Å². The molecule has 0 aliphatic heterocycles. The first-order valence-electron chi connectivity index (χ1n) is 5.36. The molecule has 3 nitrogen and oxygen atoms in total. The van der Waals surface area contributed by atoms with Crippen molar-refractivity contribution in [3.05, 3.63) is 28.5 Å². The molecule has 94 valence electrons. The summed E-state index contributed by atoms with van der Waals surface area (Å²) in [6.45, 7) is 4.06. The van der Waals surface area contributed by atoms with Gasteiger partial charge in [-0.25, -0.2) is 4.39 Å². The number of halogens is 2. The smallest absolute Gasteiger partial charge is 0.223 e. The summed E-state index contributed by atoms with van der Waals surface area (Å²) in [6.07, 6.45) is 0.280. The van der Waals surface area contributed by atoms with E-state index in [0.29, 0.717) is 10.2 Å². The number of carbonyl (C=O) groups excluding carboxylic acids is 1. The Kier molecular flexibility index (Phi) is 5.41. The topological polar surface area (TPSA) is 38.3 Å². The summed E-state index contributed by atoms with van der Waals surface area (Å²) in [5.41, 5.74) is 0. The Bertz CT molecular complexity index is 396. The number of rotatable bonds is 5. The summed E-state index contributed by atoms with van der Waals surface area (Å²) in [6, 6.07) is 4.29. The van der Waals surface area contributed by atoms with Gasteiger partial charge in [-0.1, -0.05) is 0 Å². The number of hydrogen-bond donors (Lipinski definition) is 1. The Balaban J connectivity index is 2.38. The number of carbonyl (C=O) groups is 1. The van der Waals surface area contributed by atoms with Gasteiger partial charge in [0.1, 0.15) is 11.6 Å². The van der Waals surface area contributed by atoms with Crippen molar-refractivity contribution < 1.29 is 13.9 Å². The van der Waals surface area contributed by atoms with Crippen LogP contribution in [-0.4, -0.2) is 18.6 Å². The van der Waals surface area contributed by atoms with Gasteiger partial charge in [-0.2, -0.15) is 0 Å². The first kappa shape index (κ1) is 14.0. The summed E-state index contributed by atoms with van der Waals surface area (Å²) in [5.74, 6) is 0.142. The monoisotopic (exact) mass is 303 g/mol. The van der Waals surface area contributed by atoms with Crippen molar-refractivity contribution in [1.82, 2.24) is 5.32 Å². The molecule has 1 rings (SSSR count). The van der Waals surface area contributed by atoms with Crippen LogP contribution in [0.2, 0.25) is 0 Å². The molecule has 0 spiro atoms. The Labute approximate surface area is 108 Å². The lowest BCUT2D eigenvalue weighted by molar-refractivity contribution is -0.122. The minimum Gasteiger partial charge on any atom is -0.492 e. The molecule has 0 atom stereocenters. The van der Waals surface area contributed by atoms with Crippen LogP contribution in [0.4, 0.5) is 4.39 Å². The first-order valence-corrected chi connectivity index (χ1v) is 6.15. The standard InChI is InChI=1S/C12H15BrFNO2/c1-8(2)15-12(16)5-6-17-11-4-3-9(14)7-10(11)13/h3-4,7-8H,5-6H2,1-2H3,(H,15,16). The zero-order valence-corrected chi connectivity index (χ0v) is 11.4. The Hall–Kier alpha value is -1.10. The van der Waals surface area contributed by atoms with E-state index < -0.39 is 0 Å². The van der Waals surface area contributed by atoms with Crippen LogP contribution in [0.5, 0.6) is 5.75 Å². The second kappa shape index (κ2) is 6.59. The average molecular weight is 304 g/mol. The maximum Gasteiger partial charge on any atom is 0.223 e. The second-order valence-corrected chi connectivity index (χ2v) is 4.75. The van der Waals surface area contributed by atoms with Gasteiger partial charge < -0.3 is 10.1 Å². The predicted molar refractivity (Wildman–Crippen MR) is 67.5 cm³/mol. The summed E-state index contributed by atoms with van der Waals surface area (Å²) in [4.78, 5) is 11.3. The van der Waals surface area contributed by atoms with Crippen molar-refractivity contribution in [2.24, 2.45) is 0 Å². The minimum atomic E-state index is -0.332.